The Labute approximate surface area is 124 Å². The Balaban J connectivity index is 2.00. The third-order valence-corrected chi connectivity index (χ3v) is 3.46. The van der Waals surface area contributed by atoms with Gasteiger partial charge in [0.15, 0.2) is 0 Å². The van der Waals surface area contributed by atoms with Crippen LogP contribution in [0.4, 0.5) is 0 Å². The van der Waals surface area contributed by atoms with Crippen molar-refractivity contribution >= 4 is 33.4 Å². The van der Waals surface area contributed by atoms with Crippen molar-refractivity contribution in [3.63, 3.8) is 0 Å². The molecule has 0 spiro atoms. The largest absolute Gasteiger partial charge is 0.348 e. The number of amides is 1. The normalized spacial score (nSPS) is 12.2. The van der Waals surface area contributed by atoms with Gasteiger partial charge >= 0.3 is 0 Å². The van der Waals surface area contributed by atoms with E-state index in [9.17, 15) is 4.79 Å². The lowest BCUT2D eigenvalue weighted by molar-refractivity contribution is 0.0935. The summed E-state index contributed by atoms with van der Waals surface area (Å²) in [5, 5.41) is 7.62. The molecule has 0 aliphatic carbocycles. The minimum absolute atomic E-state index is 0.0185. The second-order valence-electron chi connectivity index (χ2n) is 4.23. The lowest BCUT2D eigenvalue weighted by atomic mass is 10.2. The molecule has 0 fully saturated rings. The lowest BCUT2D eigenvalue weighted by Gasteiger charge is -2.14. The second kappa shape index (κ2) is 6.21. The van der Waals surface area contributed by atoms with Crippen LogP contribution in [0.15, 0.2) is 41.1 Å². The first-order valence-corrected chi connectivity index (χ1v) is 6.96. The number of rotatable bonds is 4. The molecule has 4 nitrogen and oxygen atoms in total. The molecular weight excluding hydrogens is 330 g/mol. The minimum atomic E-state index is -0.136. The maximum atomic E-state index is 12.1. The van der Waals surface area contributed by atoms with Crippen molar-refractivity contribution in [1.82, 2.24) is 15.1 Å². The molecule has 0 saturated carbocycles. The van der Waals surface area contributed by atoms with Crippen molar-refractivity contribution in [3.05, 3.63) is 51.7 Å². The second-order valence-corrected chi connectivity index (χ2v) is 5.52. The van der Waals surface area contributed by atoms with E-state index >= 15 is 0 Å². The highest BCUT2D eigenvalue weighted by molar-refractivity contribution is 9.10. The van der Waals surface area contributed by atoms with Crippen molar-refractivity contribution in [3.8, 4) is 0 Å². The topological polar surface area (TPSA) is 46.9 Å². The van der Waals surface area contributed by atoms with Crippen molar-refractivity contribution < 1.29 is 4.79 Å². The van der Waals surface area contributed by atoms with Gasteiger partial charge in [0.1, 0.15) is 0 Å². The molecule has 2 aromatic rings. The fourth-order valence-electron chi connectivity index (χ4n) is 1.71. The van der Waals surface area contributed by atoms with Crippen LogP contribution in [0.2, 0.25) is 5.02 Å². The lowest BCUT2D eigenvalue weighted by Crippen LogP contribution is -2.35. The summed E-state index contributed by atoms with van der Waals surface area (Å²) in [6.07, 6.45) is 3.57. The van der Waals surface area contributed by atoms with Crippen LogP contribution in [0.25, 0.3) is 0 Å². The monoisotopic (exact) mass is 341 g/mol. The molecule has 0 aliphatic heterocycles. The molecular formula is C13H13BrClN3O. The van der Waals surface area contributed by atoms with Crippen LogP contribution in [-0.4, -0.2) is 21.7 Å². The summed E-state index contributed by atoms with van der Waals surface area (Å²) in [6.45, 7) is 2.56. The maximum absolute atomic E-state index is 12.1. The van der Waals surface area contributed by atoms with Crippen molar-refractivity contribution in [2.24, 2.45) is 0 Å². The number of carbonyl (C=O) groups excluding carboxylic acids is 1. The van der Waals surface area contributed by atoms with Crippen LogP contribution in [0.1, 0.15) is 17.3 Å². The molecule has 1 heterocycles. The summed E-state index contributed by atoms with van der Waals surface area (Å²) in [5.41, 5.74) is 0.566. The van der Waals surface area contributed by atoms with E-state index in [4.69, 9.17) is 11.6 Å². The van der Waals surface area contributed by atoms with E-state index in [1.807, 2.05) is 19.2 Å². The highest BCUT2D eigenvalue weighted by atomic mass is 79.9. The molecule has 0 bridgehead atoms. The number of nitrogens with zero attached hydrogens (tertiary/aromatic N) is 2. The molecule has 0 aliphatic rings. The average molecular weight is 343 g/mol. The highest BCUT2D eigenvalue weighted by Crippen LogP contribution is 2.21. The van der Waals surface area contributed by atoms with E-state index in [2.05, 4.69) is 26.3 Å². The SMILES string of the molecule is CC(Cn1cccn1)NC(=O)c1ccc(Cl)cc1Br. The van der Waals surface area contributed by atoms with Crippen LogP contribution in [-0.2, 0) is 6.54 Å². The van der Waals surface area contributed by atoms with Gasteiger partial charge in [-0.3, -0.25) is 9.48 Å². The molecule has 19 heavy (non-hydrogen) atoms. The minimum Gasteiger partial charge on any atom is -0.348 e. The van der Waals surface area contributed by atoms with E-state index in [0.717, 1.165) is 0 Å². The third kappa shape index (κ3) is 3.81. The predicted molar refractivity (Wildman–Crippen MR) is 78.3 cm³/mol. The first-order chi connectivity index (χ1) is 9.06. The summed E-state index contributed by atoms with van der Waals surface area (Å²) >= 11 is 9.18. The molecule has 1 aromatic carbocycles. The van der Waals surface area contributed by atoms with Crippen LogP contribution in [0.5, 0.6) is 0 Å². The smallest absolute Gasteiger partial charge is 0.252 e. The molecule has 0 radical (unpaired) electrons. The number of hydrogen-bond donors (Lipinski definition) is 1. The summed E-state index contributed by atoms with van der Waals surface area (Å²) in [7, 11) is 0. The van der Waals surface area contributed by atoms with Gasteiger partial charge in [-0.1, -0.05) is 11.6 Å². The van der Waals surface area contributed by atoms with Crippen molar-refractivity contribution in [2.45, 2.75) is 19.5 Å². The number of nitrogens with one attached hydrogen (secondary N) is 1. The zero-order valence-corrected chi connectivity index (χ0v) is 12.6. The Bertz CT molecular complexity index is 571. The van der Waals surface area contributed by atoms with Crippen molar-refractivity contribution in [2.75, 3.05) is 0 Å². The Morgan fingerprint density at radius 1 is 1.58 bits per heavy atom. The summed E-state index contributed by atoms with van der Waals surface area (Å²) in [4.78, 5) is 12.1. The molecule has 1 N–H and O–H groups in total. The van der Waals surface area contributed by atoms with Crippen molar-refractivity contribution in [1.29, 1.82) is 0 Å². The van der Waals surface area contributed by atoms with Gasteiger partial charge in [-0.15, -0.1) is 0 Å². The molecule has 0 saturated heterocycles. The van der Waals surface area contributed by atoms with Gasteiger partial charge in [-0.25, -0.2) is 0 Å². The quantitative estimate of drug-likeness (QED) is 0.928. The summed E-state index contributed by atoms with van der Waals surface area (Å²) in [5.74, 6) is -0.136. The fraction of sp³-hybridized carbons (Fsp3) is 0.231. The van der Waals surface area contributed by atoms with Gasteiger partial charge in [0.2, 0.25) is 0 Å². The molecule has 2 rings (SSSR count). The first kappa shape index (κ1) is 14.1. The van der Waals surface area contributed by atoms with Gasteiger partial charge in [0, 0.05) is 27.9 Å². The van der Waals surface area contributed by atoms with Gasteiger partial charge in [0.05, 0.1) is 12.1 Å². The number of carbonyl (C=O) groups is 1. The molecule has 1 atom stereocenters. The zero-order valence-electron chi connectivity index (χ0n) is 10.3. The Morgan fingerprint density at radius 2 is 2.37 bits per heavy atom. The van der Waals surface area contributed by atoms with Gasteiger partial charge < -0.3 is 5.32 Å². The van der Waals surface area contributed by atoms with E-state index in [1.54, 1.807) is 29.1 Å². The zero-order chi connectivity index (χ0) is 13.8. The Hall–Kier alpha value is -1.33. The fourth-order valence-corrected chi connectivity index (χ4v) is 2.57. The highest BCUT2D eigenvalue weighted by Gasteiger charge is 2.13. The van der Waals surface area contributed by atoms with Gasteiger partial charge in [-0.05, 0) is 47.1 Å². The number of hydrogen-bond acceptors (Lipinski definition) is 2. The number of halogens is 2. The van der Waals surface area contributed by atoms with Crippen LogP contribution in [0, 0.1) is 0 Å². The van der Waals surface area contributed by atoms with Crippen LogP contribution >= 0.6 is 27.5 Å². The molecule has 1 amide bonds. The van der Waals surface area contributed by atoms with E-state index in [-0.39, 0.29) is 11.9 Å². The molecule has 1 unspecified atom stereocenters. The number of benzene rings is 1. The van der Waals surface area contributed by atoms with E-state index < -0.39 is 0 Å². The summed E-state index contributed by atoms with van der Waals surface area (Å²) in [6, 6.07) is 6.93. The van der Waals surface area contributed by atoms with Crippen LogP contribution in [0.3, 0.4) is 0 Å². The van der Waals surface area contributed by atoms with E-state index in [1.165, 1.54) is 0 Å². The third-order valence-electron chi connectivity index (χ3n) is 2.57. The first-order valence-electron chi connectivity index (χ1n) is 5.79. The molecule has 1 aromatic heterocycles. The van der Waals surface area contributed by atoms with E-state index in [0.29, 0.717) is 21.6 Å². The Kier molecular flexibility index (Phi) is 4.61. The average Bonchev–Trinajstić information content (AvgIpc) is 2.81. The van der Waals surface area contributed by atoms with Crippen LogP contribution < -0.4 is 5.32 Å². The molecule has 100 valence electrons. The standard InChI is InChI=1S/C13H13BrClN3O/c1-9(8-18-6-2-5-16-18)17-13(19)11-4-3-10(15)7-12(11)14/h2-7,9H,8H2,1H3,(H,17,19). The summed E-state index contributed by atoms with van der Waals surface area (Å²) < 4.78 is 2.46. The predicted octanol–water partition coefficient (Wildman–Crippen LogP) is 3.12. The number of aromatic nitrogens is 2. The van der Waals surface area contributed by atoms with Gasteiger partial charge in [-0.2, -0.15) is 5.10 Å². The maximum Gasteiger partial charge on any atom is 0.252 e. The Morgan fingerprint density at radius 3 is 3.00 bits per heavy atom. The van der Waals surface area contributed by atoms with Gasteiger partial charge in [0.25, 0.3) is 5.91 Å². The molecule has 6 heteroatoms.